The normalized spacial score (nSPS) is 10.6. The van der Waals surface area contributed by atoms with E-state index in [1.54, 1.807) is 31.6 Å². The van der Waals surface area contributed by atoms with E-state index in [4.69, 9.17) is 4.74 Å². The van der Waals surface area contributed by atoms with Gasteiger partial charge < -0.3 is 10.1 Å². The highest BCUT2D eigenvalue weighted by atomic mass is 16.5. The van der Waals surface area contributed by atoms with Gasteiger partial charge in [0.25, 0.3) is 5.91 Å². The number of aryl methyl sites for hydroxylation is 3. The largest absolute Gasteiger partial charge is 0.467 e. The van der Waals surface area contributed by atoms with E-state index in [0.717, 1.165) is 11.3 Å². The molecule has 2 aromatic heterocycles. The minimum absolute atomic E-state index is 0.267. The van der Waals surface area contributed by atoms with E-state index in [1.807, 2.05) is 30.3 Å². The summed E-state index contributed by atoms with van der Waals surface area (Å²) in [6.07, 6.45) is 0. The number of amides is 1. The molecule has 7 heteroatoms. The van der Waals surface area contributed by atoms with Gasteiger partial charge in [-0.2, -0.15) is 15.1 Å². The molecule has 128 valence electrons. The average molecular weight is 337 g/mol. The van der Waals surface area contributed by atoms with Crippen molar-refractivity contribution in [2.45, 2.75) is 13.8 Å². The van der Waals surface area contributed by atoms with Crippen LogP contribution in [0.4, 0.5) is 5.69 Å². The highest BCUT2D eigenvalue weighted by Gasteiger charge is 2.17. The second-order valence-corrected chi connectivity index (χ2v) is 5.61. The predicted molar refractivity (Wildman–Crippen MR) is 94.7 cm³/mol. The van der Waals surface area contributed by atoms with Crippen LogP contribution >= 0.6 is 0 Å². The zero-order valence-electron chi connectivity index (χ0n) is 14.6. The molecule has 0 saturated carbocycles. The maximum Gasteiger partial charge on any atom is 0.316 e. The number of hydrogen-bond donors (Lipinski definition) is 1. The standard InChI is InChI=1S/C18H19N5O2/c1-11-16(12(2)20-18(19-11)25-4)21-17(24)15-10-14(22-23(15)3)13-8-6-5-7-9-13/h5-10H,1-4H3,(H,21,24). The van der Waals surface area contributed by atoms with Crippen LogP contribution in [0.1, 0.15) is 21.9 Å². The highest BCUT2D eigenvalue weighted by molar-refractivity contribution is 6.04. The van der Waals surface area contributed by atoms with Crippen molar-refractivity contribution < 1.29 is 9.53 Å². The number of rotatable bonds is 4. The quantitative estimate of drug-likeness (QED) is 0.791. The molecule has 1 aromatic carbocycles. The van der Waals surface area contributed by atoms with Crippen LogP contribution in [0.3, 0.4) is 0 Å². The molecule has 0 bridgehead atoms. The molecular weight excluding hydrogens is 318 g/mol. The van der Waals surface area contributed by atoms with E-state index in [0.29, 0.717) is 22.8 Å². The van der Waals surface area contributed by atoms with Crippen LogP contribution in [0.5, 0.6) is 6.01 Å². The average Bonchev–Trinajstić information content (AvgIpc) is 3.00. The number of hydrogen-bond acceptors (Lipinski definition) is 5. The van der Waals surface area contributed by atoms with Crippen molar-refractivity contribution in [2.24, 2.45) is 7.05 Å². The molecule has 0 spiro atoms. The third kappa shape index (κ3) is 3.35. The maximum absolute atomic E-state index is 12.7. The van der Waals surface area contributed by atoms with Gasteiger partial charge in [0, 0.05) is 12.6 Å². The number of nitrogens with zero attached hydrogens (tertiary/aromatic N) is 4. The molecule has 0 aliphatic heterocycles. The second-order valence-electron chi connectivity index (χ2n) is 5.61. The number of ether oxygens (including phenoxy) is 1. The molecule has 1 amide bonds. The van der Waals surface area contributed by atoms with Crippen molar-refractivity contribution in [3.8, 4) is 17.3 Å². The summed E-state index contributed by atoms with van der Waals surface area (Å²) in [5.74, 6) is -0.267. The first kappa shape index (κ1) is 16.6. The SMILES string of the molecule is COc1nc(C)c(NC(=O)c2cc(-c3ccccc3)nn2C)c(C)n1. The number of benzene rings is 1. The predicted octanol–water partition coefficient (Wildman–Crippen LogP) is 2.75. The minimum atomic E-state index is -0.267. The fourth-order valence-corrected chi connectivity index (χ4v) is 2.57. The molecule has 0 unspecified atom stereocenters. The maximum atomic E-state index is 12.7. The number of carbonyl (C=O) groups is 1. The molecule has 0 aliphatic rings. The molecule has 25 heavy (non-hydrogen) atoms. The topological polar surface area (TPSA) is 81.9 Å². The van der Waals surface area contributed by atoms with Crippen LogP contribution in [0.2, 0.25) is 0 Å². The third-order valence-corrected chi connectivity index (χ3v) is 3.85. The highest BCUT2D eigenvalue weighted by Crippen LogP contribution is 2.22. The van der Waals surface area contributed by atoms with Crippen molar-refractivity contribution in [1.29, 1.82) is 0 Å². The van der Waals surface area contributed by atoms with Crippen LogP contribution < -0.4 is 10.1 Å². The lowest BCUT2D eigenvalue weighted by Crippen LogP contribution is -2.18. The van der Waals surface area contributed by atoms with Gasteiger partial charge in [0.15, 0.2) is 0 Å². The summed E-state index contributed by atoms with van der Waals surface area (Å²) in [6.45, 7) is 3.59. The van der Waals surface area contributed by atoms with Crippen molar-refractivity contribution in [2.75, 3.05) is 12.4 Å². The Morgan fingerprint density at radius 1 is 1.12 bits per heavy atom. The lowest BCUT2D eigenvalue weighted by molar-refractivity contribution is 0.101. The Balaban J connectivity index is 1.89. The smallest absolute Gasteiger partial charge is 0.316 e. The number of methoxy groups -OCH3 is 1. The number of carbonyl (C=O) groups excluding carboxylic acids is 1. The second kappa shape index (κ2) is 6.72. The van der Waals surface area contributed by atoms with Gasteiger partial charge in [-0.15, -0.1) is 0 Å². The number of nitrogens with one attached hydrogen (secondary N) is 1. The Morgan fingerprint density at radius 2 is 1.76 bits per heavy atom. The first-order valence-corrected chi connectivity index (χ1v) is 7.79. The first-order valence-electron chi connectivity index (χ1n) is 7.79. The summed E-state index contributed by atoms with van der Waals surface area (Å²) in [5.41, 5.74) is 4.01. The van der Waals surface area contributed by atoms with Crippen LogP contribution in [0.15, 0.2) is 36.4 Å². The van der Waals surface area contributed by atoms with Gasteiger partial charge in [-0.25, -0.2) is 0 Å². The molecule has 0 radical (unpaired) electrons. The zero-order valence-corrected chi connectivity index (χ0v) is 14.6. The van der Waals surface area contributed by atoms with E-state index in [1.165, 1.54) is 7.11 Å². The van der Waals surface area contributed by atoms with Gasteiger partial charge in [0.2, 0.25) is 0 Å². The summed E-state index contributed by atoms with van der Waals surface area (Å²) in [6, 6.07) is 11.8. The molecule has 0 atom stereocenters. The Labute approximate surface area is 145 Å². The Kier molecular flexibility index (Phi) is 4.47. The molecule has 0 fully saturated rings. The Morgan fingerprint density at radius 3 is 2.36 bits per heavy atom. The molecule has 3 aromatic rings. The van der Waals surface area contributed by atoms with Crippen LogP contribution in [0.25, 0.3) is 11.3 Å². The monoisotopic (exact) mass is 337 g/mol. The fraction of sp³-hybridized carbons (Fsp3) is 0.222. The summed E-state index contributed by atoms with van der Waals surface area (Å²) < 4.78 is 6.61. The summed E-state index contributed by atoms with van der Waals surface area (Å²) in [4.78, 5) is 21.1. The van der Waals surface area contributed by atoms with Gasteiger partial charge in [0.1, 0.15) is 5.69 Å². The van der Waals surface area contributed by atoms with Crippen molar-refractivity contribution >= 4 is 11.6 Å². The molecular formula is C18H19N5O2. The van der Waals surface area contributed by atoms with Crippen molar-refractivity contribution in [1.82, 2.24) is 19.7 Å². The molecule has 3 rings (SSSR count). The summed E-state index contributed by atoms with van der Waals surface area (Å²) in [5, 5.41) is 7.29. The van der Waals surface area contributed by atoms with Gasteiger partial charge in [0.05, 0.1) is 29.9 Å². The zero-order chi connectivity index (χ0) is 18.0. The van der Waals surface area contributed by atoms with Gasteiger partial charge in [-0.1, -0.05) is 30.3 Å². The molecule has 7 nitrogen and oxygen atoms in total. The first-order chi connectivity index (χ1) is 12.0. The fourth-order valence-electron chi connectivity index (χ4n) is 2.57. The lowest BCUT2D eigenvalue weighted by atomic mass is 10.1. The summed E-state index contributed by atoms with van der Waals surface area (Å²) in [7, 11) is 3.25. The van der Waals surface area contributed by atoms with Crippen molar-refractivity contribution in [3.63, 3.8) is 0 Å². The number of aromatic nitrogens is 4. The van der Waals surface area contributed by atoms with E-state index in [2.05, 4.69) is 20.4 Å². The van der Waals surface area contributed by atoms with Gasteiger partial charge in [-0.3, -0.25) is 9.48 Å². The van der Waals surface area contributed by atoms with Gasteiger partial charge >= 0.3 is 6.01 Å². The van der Waals surface area contributed by atoms with E-state index >= 15 is 0 Å². The number of anilines is 1. The summed E-state index contributed by atoms with van der Waals surface area (Å²) >= 11 is 0. The van der Waals surface area contributed by atoms with Crippen LogP contribution in [-0.4, -0.2) is 32.8 Å². The van der Waals surface area contributed by atoms with Gasteiger partial charge in [-0.05, 0) is 19.9 Å². The molecule has 1 N–H and O–H groups in total. The Hall–Kier alpha value is -3.22. The molecule has 2 heterocycles. The third-order valence-electron chi connectivity index (χ3n) is 3.85. The van der Waals surface area contributed by atoms with E-state index in [-0.39, 0.29) is 11.9 Å². The Bertz CT molecular complexity index is 895. The minimum Gasteiger partial charge on any atom is -0.467 e. The lowest BCUT2D eigenvalue weighted by Gasteiger charge is -2.11. The van der Waals surface area contributed by atoms with Crippen LogP contribution in [-0.2, 0) is 7.05 Å². The van der Waals surface area contributed by atoms with E-state index in [9.17, 15) is 4.79 Å². The van der Waals surface area contributed by atoms with Crippen LogP contribution in [0, 0.1) is 13.8 Å². The molecule has 0 aliphatic carbocycles. The van der Waals surface area contributed by atoms with E-state index < -0.39 is 0 Å². The molecule has 0 saturated heterocycles. The van der Waals surface area contributed by atoms with Crippen molar-refractivity contribution in [3.05, 3.63) is 53.5 Å².